The molecule has 2 aliphatic rings. The number of carbonyl (C=O) groups excluding carboxylic acids is 2. The second-order valence-electron chi connectivity index (χ2n) is 8.86. The van der Waals surface area contributed by atoms with E-state index in [1.807, 2.05) is 36.4 Å². The third-order valence-corrected chi connectivity index (χ3v) is 6.90. The van der Waals surface area contributed by atoms with E-state index in [1.165, 1.54) is 0 Å². The zero-order valence-corrected chi connectivity index (χ0v) is 19.1. The first-order chi connectivity index (χ1) is 16.6. The summed E-state index contributed by atoms with van der Waals surface area (Å²) < 4.78 is 10.7. The molecule has 34 heavy (non-hydrogen) atoms. The molecule has 0 spiro atoms. The number of amides is 1. The van der Waals surface area contributed by atoms with E-state index in [1.54, 1.807) is 42.5 Å². The molecule has 3 aromatic rings. The molecule has 174 valence electrons. The van der Waals surface area contributed by atoms with E-state index in [0.717, 1.165) is 43.4 Å². The molecule has 0 bridgehead atoms. The lowest BCUT2D eigenvalue weighted by Gasteiger charge is -2.34. The lowest BCUT2D eigenvalue weighted by molar-refractivity contribution is -0.132. The quantitative estimate of drug-likeness (QED) is 0.298. The molecule has 1 aromatic heterocycles. The van der Waals surface area contributed by atoms with E-state index in [9.17, 15) is 14.7 Å². The van der Waals surface area contributed by atoms with Gasteiger partial charge >= 0.3 is 0 Å². The van der Waals surface area contributed by atoms with Crippen LogP contribution in [0.5, 0.6) is 5.75 Å². The number of furan rings is 1. The normalized spacial score (nSPS) is 20.6. The van der Waals surface area contributed by atoms with Crippen molar-refractivity contribution in [2.75, 3.05) is 12.0 Å². The number of aliphatic hydroxyl groups is 1. The van der Waals surface area contributed by atoms with Crippen LogP contribution < -0.4 is 9.64 Å². The van der Waals surface area contributed by atoms with Crippen LogP contribution in [0.25, 0.3) is 17.1 Å². The molecule has 2 heterocycles. The maximum Gasteiger partial charge on any atom is 0.299 e. The molecular formula is C28H27NO5. The van der Waals surface area contributed by atoms with Gasteiger partial charge in [-0.05, 0) is 79.4 Å². The molecule has 0 radical (unpaired) electrons. The molecule has 1 saturated heterocycles. The standard InChI is InChI=1S/C28H27NO5/c1-33-22-15-11-20(12-16-22)26(30)24-25(19-6-3-2-4-7-19)29(28(32)27(24)31)21-13-9-18(10-14-21)23-8-5-17-34-23/h5,8-17,19,25,30H,2-4,6-7H2,1H3/b26-24-. The van der Waals surface area contributed by atoms with Crippen LogP contribution in [0.1, 0.15) is 37.7 Å². The first-order valence-corrected chi connectivity index (χ1v) is 11.7. The van der Waals surface area contributed by atoms with Gasteiger partial charge in [0.2, 0.25) is 0 Å². The van der Waals surface area contributed by atoms with Crippen LogP contribution >= 0.6 is 0 Å². The Balaban J connectivity index is 1.58. The summed E-state index contributed by atoms with van der Waals surface area (Å²) in [5.41, 5.74) is 2.21. The van der Waals surface area contributed by atoms with E-state index in [0.29, 0.717) is 17.0 Å². The molecule has 1 amide bonds. The van der Waals surface area contributed by atoms with Gasteiger partial charge in [-0.2, -0.15) is 0 Å². The minimum absolute atomic E-state index is 0.101. The number of methoxy groups -OCH3 is 1. The van der Waals surface area contributed by atoms with Gasteiger partial charge < -0.3 is 14.3 Å². The van der Waals surface area contributed by atoms with Crippen LogP contribution in [0.2, 0.25) is 0 Å². The monoisotopic (exact) mass is 457 g/mol. The van der Waals surface area contributed by atoms with E-state index >= 15 is 0 Å². The van der Waals surface area contributed by atoms with E-state index in [4.69, 9.17) is 9.15 Å². The number of benzene rings is 2. The topological polar surface area (TPSA) is 80.0 Å². The third-order valence-electron chi connectivity index (χ3n) is 6.90. The number of aliphatic hydroxyl groups excluding tert-OH is 1. The van der Waals surface area contributed by atoms with Crippen molar-refractivity contribution >= 4 is 23.1 Å². The highest BCUT2D eigenvalue weighted by Crippen LogP contribution is 2.41. The fraction of sp³-hybridized carbons (Fsp3) is 0.286. The van der Waals surface area contributed by atoms with E-state index in [2.05, 4.69) is 0 Å². The van der Waals surface area contributed by atoms with Gasteiger partial charge in [-0.15, -0.1) is 0 Å². The Hall–Kier alpha value is -3.80. The van der Waals surface area contributed by atoms with E-state index < -0.39 is 17.7 Å². The Morgan fingerprint density at radius 1 is 0.971 bits per heavy atom. The number of anilines is 1. The molecule has 2 fully saturated rings. The number of hydrogen-bond donors (Lipinski definition) is 1. The van der Waals surface area contributed by atoms with Crippen LogP contribution in [-0.2, 0) is 9.59 Å². The van der Waals surface area contributed by atoms with Gasteiger partial charge in [0.1, 0.15) is 17.3 Å². The maximum absolute atomic E-state index is 13.3. The second kappa shape index (κ2) is 9.21. The summed E-state index contributed by atoms with van der Waals surface area (Å²) in [7, 11) is 1.57. The lowest BCUT2D eigenvalue weighted by Crippen LogP contribution is -2.40. The summed E-state index contributed by atoms with van der Waals surface area (Å²) in [5, 5.41) is 11.2. The molecule has 1 atom stereocenters. The second-order valence-corrected chi connectivity index (χ2v) is 8.86. The van der Waals surface area contributed by atoms with Crippen LogP contribution in [0.4, 0.5) is 5.69 Å². The summed E-state index contributed by atoms with van der Waals surface area (Å²) in [4.78, 5) is 28.2. The van der Waals surface area contributed by atoms with Crippen molar-refractivity contribution in [1.29, 1.82) is 0 Å². The van der Waals surface area contributed by atoms with Gasteiger partial charge in [0, 0.05) is 16.8 Å². The summed E-state index contributed by atoms with van der Waals surface area (Å²) in [5.74, 6) is 0.111. The molecule has 1 saturated carbocycles. The fourth-order valence-corrected chi connectivity index (χ4v) is 5.17. The van der Waals surface area contributed by atoms with Gasteiger partial charge in [0.05, 0.1) is 25.0 Å². The molecule has 6 nitrogen and oxygen atoms in total. The largest absolute Gasteiger partial charge is 0.507 e. The Kier molecular flexibility index (Phi) is 5.97. The average Bonchev–Trinajstić information content (AvgIpc) is 3.52. The fourth-order valence-electron chi connectivity index (χ4n) is 5.17. The first kappa shape index (κ1) is 22.0. The minimum Gasteiger partial charge on any atom is -0.507 e. The average molecular weight is 458 g/mol. The van der Waals surface area contributed by atoms with Crippen molar-refractivity contribution in [2.24, 2.45) is 5.92 Å². The molecule has 1 unspecified atom stereocenters. The van der Waals surface area contributed by atoms with Crippen LogP contribution in [0.3, 0.4) is 0 Å². The molecule has 5 rings (SSSR count). The van der Waals surface area contributed by atoms with Crippen molar-refractivity contribution in [3.63, 3.8) is 0 Å². The first-order valence-electron chi connectivity index (χ1n) is 11.7. The van der Waals surface area contributed by atoms with Crippen molar-refractivity contribution in [1.82, 2.24) is 0 Å². The number of rotatable bonds is 5. The van der Waals surface area contributed by atoms with Gasteiger partial charge in [-0.1, -0.05) is 19.3 Å². The third kappa shape index (κ3) is 3.89. The van der Waals surface area contributed by atoms with E-state index in [-0.39, 0.29) is 17.3 Å². The maximum atomic E-state index is 13.3. The number of hydrogen-bond acceptors (Lipinski definition) is 5. The minimum atomic E-state index is -0.640. The SMILES string of the molecule is COc1ccc(/C(O)=C2/C(=O)C(=O)N(c3ccc(-c4ccco4)cc3)C2C2CCCCC2)cc1. The highest BCUT2D eigenvalue weighted by Gasteiger charge is 2.49. The highest BCUT2D eigenvalue weighted by atomic mass is 16.5. The van der Waals surface area contributed by atoms with Crippen LogP contribution in [0, 0.1) is 5.92 Å². The number of ether oxygens (including phenoxy) is 1. The predicted molar refractivity (Wildman–Crippen MR) is 130 cm³/mol. The van der Waals surface area contributed by atoms with Crippen molar-refractivity contribution in [3.05, 3.63) is 78.1 Å². The van der Waals surface area contributed by atoms with Crippen LogP contribution in [-0.4, -0.2) is 29.9 Å². The predicted octanol–water partition coefficient (Wildman–Crippen LogP) is 5.79. The highest BCUT2D eigenvalue weighted by molar-refractivity contribution is 6.51. The van der Waals surface area contributed by atoms with Gasteiger partial charge in [0.15, 0.2) is 0 Å². The number of nitrogens with zero attached hydrogens (tertiary/aromatic N) is 1. The van der Waals surface area contributed by atoms with Gasteiger partial charge in [-0.25, -0.2) is 0 Å². The molecule has 2 aromatic carbocycles. The van der Waals surface area contributed by atoms with Crippen molar-refractivity contribution in [3.8, 4) is 17.1 Å². The Morgan fingerprint density at radius 3 is 2.29 bits per heavy atom. The number of ketones is 1. The summed E-state index contributed by atoms with van der Waals surface area (Å²) in [6.07, 6.45) is 6.67. The summed E-state index contributed by atoms with van der Waals surface area (Å²) in [6.45, 7) is 0. The van der Waals surface area contributed by atoms with Gasteiger partial charge in [0.25, 0.3) is 11.7 Å². The van der Waals surface area contributed by atoms with Gasteiger partial charge in [-0.3, -0.25) is 14.5 Å². The summed E-state index contributed by atoms with van der Waals surface area (Å²) in [6, 6.07) is 17.5. The molecule has 1 aliphatic carbocycles. The number of Topliss-reactive ketones (excluding diaryl/α,β-unsaturated/α-hetero) is 1. The zero-order chi connectivity index (χ0) is 23.7. The molecular weight excluding hydrogens is 430 g/mol. The Bertz CT molecular complexity index is 1200. The molecule has 6 heteroatoms. The molecule has 1 aliphatic heterocycles. The van der Waals surface area contributed by atoms with Crippen molar-refractivity contribution in [2.45, 2.75) is 38.1 Å². The molecule has 1 N–H and O–H groups in total. The Labute approximate surface area is 198 Å². The Morgan fingerprint density at radius 2 is 1.68 bits per heavy atom. The summed E-state index contributed by atoms with van der Waals surface area (Å²) >= 11 is 0. The number of carbonyl (C=O) groups is 2. The smallest absolute Gasteiger partial charge is 0.299 e. The van der Waals surface area contributed by atoms with Crippen LogP contribution in [0.15, 0.2) is 76.9 Å². The lowest BCUT2D eigenvalue weighted by atomic mass is 9.80. The zero-order valence-electron chi connectivity index (χ0n) is 19.1. The van der Waals surface area contributed by atoms with Crippen molar-refractivity contribution < 1.29 is 23.8 Å².